The van der Waals surface area contributed by atoms with E-state index in [4.69, 9.17) is 15.6 Å². The van der Waals surface area contributed by atoms with Crippen LogP contribution in [0.2, 0.25) is 0 Å². The third-order valence-electron chi connectivity index (χ3n) is 4.61. The Morgan fingerprint density at radius 2 is 2.09 bits per heavy atom. The Morgan fingerprint density at radius 3 is 2.79 bits per heavy atom. The molecule has 34 heavy (non-hydrogen) atoms. The number of fused-ring (bicyclic) bond motifs is 1. The van der Waals surface area contributed by atoms with Crippen LogP contribution in [-0.2, 0) is 19.2 Å². The van der Waals surface area contributed by atoms with Crippen molar-refractivity contribution in [2.75, 3.05) is 12.3 Å². The van der Waals surface area contributed by atoms with Gasteiger partial charge >= 0.3 is 16.7 Å². The summed E-state index contributed by atoms with van der Waals surface area (Å²) >= 11 is 0.988. The highest BCUT2D eigenvalue weighted by atomic mass is 32.2. The Morgan fingerprint density at radius 1 is 1.32 bits per heavy atom. The van der Waals surface area contributed by atoms with Crippen molar-refractivity contribution in [2.45, 2.75) is 41.1 Å². The maximum atomic E-state index is 12.6. The van der Waals surface area contributed by atoms with Gasteiger partial charge in [-0.05, 0) is 18.2 Å². The molecule has 1 aliphatic rings. The molecule has 0 amide bonds. The third-order valence-corrected chi connectivity index (χ3v) is 6.05. The summed E-state index contributed by atoms with van der Waals surface area (Å²) in [6, 6.07) is 5.27. The number of nitrogens with two attached hydrogens (primary N) is 2. The molecule has 0 saturated carbocycles. The molecule has 3 heterocycles. The van der Waals surface area contributed by atoms with Crippen molar-refractivity contribution in [2.24, 2.45) is 5.14 Å². The highest BCUT2D eigenvalue weighted by Gasteiger charge is 2.38. The number of nitrogen functional groups attached to an aromatic ring is 1. The van der Waals surface area contributed by atoms with Crippen LogP contribution < -0.4 is 15.6 Å². The maximum Gasteiger partial charge on any atom is 0.573 e. The van der Waals surface area contributed by atoms with Crippen molar-refractivity contribution in [1.82, 2.24) is 19.7 Å². The van der Waals surface area contributed by atoms with Crippen molar-refractivity contribution in [3.8, 4) is 5.75 Å². The second-order valence-electron chi connectivity index (χ2n) is 7.04. The van der Waals surface area contributed by atoms with E-state index in [9.17, 15) is 26.7 Å². The second-order valence-corrected chi connectivity index (χ2v) is 9.33. The van der Waals surface area contributed by atoms with Crippen LogP contribution in [0.3, 0.4) is 0 Å². The number of hydrogen-bond donors (Lipinski definition) is 3. The van der Waals surface area contributed by atoms with Crippen LogP contribution >= 0.6 is 11.8 Å². The number of rotatable bonds is 7. The molecule has 1 aromatic carbocycles. The van der Waals surface area contributed by atoms with E-state index in [1.165, 1.54) is 23.1 Å². The lowest BCUT2D eigenvalue weighted by molar-refractivity contribution is -0.274. The Kier molecular flexibility index (Phi) is 6.58. The Labute approximate surface area is 194 Å². The summed E-state index contributed by atoms with van der Waals surface area (Å²) in [4.78, 5) is 8.47. The minimum Gasteiger partial charge on any atom is -0.406 e. The summed E-state index contributed by atoms with van der Waals surface area (Å²) < 4.78 is 75.2. The first kappa shape index (κ1) is 24.4. The van der Waals surface area contributed by atoms with E-state index in [0.717, 1.165) is 17.8 Å². The van der Waals surface area contributed by atoms with Gasteiger partial charge in [0.05, 0.1) is 18.1 Å². The molecular weight excluding hydrogens is 505 g/mol. The fourth-order valence-electron chi connectivity index (χ4n) is 3.26. The van der Waals surface area contributed by atoms with Crippen molar-refractivity contribution in [3.05, 3.63) is 30.6 Å². The zero-order valence-corrected chi connectivity index (χ0v) is 18.5. The predicted octanol–water partition coefficient (Wildman–Crippen LogP) is 1.33. The molecule has 3 atom stereocenters. The smallest absolute Gasteiger partial charge is 0.406 e. The molecule has 3 aromatic rings. The Hall–Kier alpha value is -2.70. The normalized spacial score (nSPS) is 21.3. The Bertz CT molecular complexity index is 1300. The molecule has 1 aliphatic heterocycles. The zero-order valence-electron chi connectivity index (χ0n) is 16.9. The number of hydrogen-bond acceptors (Lipinski definition) is 11. The van der Waals surface area contributed by atoms with Crippen LogP contribution in [0.25, 0.3) is 11.0 Å². The number of nitrogens with zero attached hydrogens (tertiary/aromatic N) is 4. The van der Waals surface area contributed by atoms with E-state index < -0.39 is 47.5 Å². The van der Waals surface area contributed by atoms with Gasteiger partial charge in [-0.25, -0.2) is 19.8 Å². The number of ether oxygens (including phenoxy) is 2. The average molecular weight is 522 g/mol. The molecule has 12 nitrogen and oxygen atoms in total. The van der Waals surface area contributed by atoms with Crippen molar-refractivity contribution in [3.63, 3.8) is 0 Å². The first-order valence-corrected chi connectivity index (χ1v) is 11.7. The van der Waals surface area contributed by atoms with E-state index in [1.54, 1.807) is 6.07 Å². The van der Waals surface area contributed by atoms with Gasteiger partial charge < -0.3 is 20.3 Å². The molecule has 0 bridgehead atoms. The van der Waals surface area contributed by atoms with Crippen molar-refractivity contribution in [1.29, 1.82) is 0 Å². The fourth-order valence-corrected chi connectivity index (χ4v) is 4.55. The minimum absolute atomic E-state index is 0.0122. The number of halogens is 3. The lowest BCUT2D eigenvalue weighted by Crippen LogP contribution is -2.30. The molecule has 17 heteroatoms. The first-order chi connectivity index (χ1) is 15.9. The second kappa shape index (κ2) is 9.16. The summed E-state index contributed by atoms with van der Waals surface area (Å²) in [5, 5.41) is 20.1. The van der Waals surface area contributed by atoms with Crippen LogP contribution in [-0.4, -0.2) is 58.4 Å². The van der Waals surface area contributed by atoms with Gasteiger partial charge in [-0.1, -0.05) is 17.8 Å². The van der Waals surface area contributed by atoms with Gasteiger partial charge in [-0.15, -0.1) is 13.2 Å². The molecule has 0 radical (unpaired) electrons. The van der Waals surface area contributed by atoms with E-state index >= 15 is 0 Å². The lowest BCUT2D eigenvalue weighted by atomic mass is 10.2. The highest BCUT2D eigenvalue weighted by molar-refractivity contribution is 7.99. The molecule has 2 aromatic heterocycles. The van der Waals surface area contributed by atoms with Gasteiger partial charge in [-0.2, -0.15) is 13.5 Å². The first-order valence-electron chi connectivity index (χ1n) is 9.42. The van der Waals surface area contributed by atoms with Crippen LogP contribution in [0.5, 0.6) is 5.75 Å². The molecular formula is C17H17F3N6O6S2. The molecule has 0 unspecified atom stereocenters. The monoisotopic (exact) mass is 522 g/mol. The number of alkyl halides is 3. The third kappa shape index (κ3) is 5.68. The number of benzene rings is 1. The molecule has 184 valence electrons. The van der Waals surface area contributed by atoms with Gasteiger partial charge in [0.2, 0.25) is 0 Å². The van der Waals surface area contributed by atoms with Crippen molar-refractivity contribution >= 4 is 38.9 Å². The van der Waals surface area contributed by atoms with Gasteiger partial charge in [0.15, 0.2) is 11.9 Å². The van der Waals surface area contributed by atoms with E-state index in [-0.39, 0.29) is 22.9 Å². The maximum absolute atomic E-state index is 12.6. The summed E-state index contributed by atoms with van der Waals surface area (Å²) in [6.07, 6.45) is -6.64. The molecule has 1 fully saturated rings. The predicted molar refractivity (Wildman–Crippen MR) is 111 cm³/mol. The molecule has 5 N–H and O–H groups in total. The van der Waals surface area contributed by atoms with Gasteiger partial charge in [0.25, 0.3) is 0 Å². The fraction of sp³-hybridized carbons (Fsp3) is 0.353. The summed E-state index contributed by atoms with van der Waals surface area (Å²) in [6.45, 7) is -0.513. The molecule has 0 aliphatic carbocycles. The topological polar surface area (TPSA) is 178 Å². The summed E-state index contributed by atoms with van der Waals surface area (Å²) in [5.41, 5.74) is 6.24. The largest absolute Gasteiger partial charge is 0.573 e. The molecule has 0 spiro atoms. The van der Waals surface area contributed by atoms with E-state index in [2.05, 4.69) is 24.0 Å². The minimum atomic E-state index is -4.85. The number of aliphatic hydroxyl groups excluding tert-OH is 1. The number of aromatic nitrogens is 4. The average Bonchev–Trinajstić information content (AvgIpc) is 3.26. The zero-order chi connectivity index (χ0) is 24.7. The van der Waals surface area contributed by atoms with Crippen LogP contribution in [0, 0.1) is 0 Å². The standard InChI is InChI=1S/C17H17F3N6O6S2/c18-17(19,20)32-8-2-1-3-9(4-8)33-16-13-14(21)23-7-24-15(13)26(25-16)12-5-10(27)11(31-12)6-30-34(22,28)29/h1-4,7,10-12,27H,5-6H2,(H2,21,23,24)(H2,22,28,29)/t10-,11+,12+/m0/s1. The SMILES string of the molecule is Nc1ncnc2c1c(Sc1cccc(OC(F)(F)F)c1)nn2[C@H]1C[C@H](O)[C@@H](COS(N)(=O)=O)O1. The number of anilines is 1. The van der Waals surface area contributed by atoms with E-state index in [0.29, 0.717) is 10.3 Å². The van der Waals surface area contributed by atoms with Crippen LogP contribution in [0.1, 0.15) is 12.6 Å². The Balaban J connectivity index is 1.63. The van der Waals surface area contributed by atoms with Crippen LogP contribution in [0.4, 0.5) is 19.0 Å². The summed E-state index contributed by atoms with van der Waals surface area (Å²) in [5.74, 6) is -0.348. The quantitative estimate of drug-likeness (QED) is 0.408. The van der Waals surface area contributed by atoms with Gasteiger partial charge in [0.1, 0.15) is 29.0 Å². The van der Waals surface area contributed by atoms with Gasteiger partial charge in [-0.3, -0.25) is 4.18 Å². The molecule has 1 saturated heterocycles. The van der Waals surface area contributed by atoms with Crippen LogP contribution in [0.15, 0.2) is 40.5 Å². The molecule has 4 rings (SSSR count). The van der Waals surface area contributed by atoms with Crippen molar-refractivity contribution < 1.29 is 40.4 Å². The summed E-state index contributed by atoms with van der Waals surface area (Å²) in [7, 11) is -4.24. The highest BCUT2D eigenvalue weighted by Crippen LogP contribution is 2.39. The number of aliphatic hydroxyl groups is 1. The lowest BCUT2D eigenvalue weighted by Gasteiger charge is -2.14. The van der Waals surface area contributed by atoms with E-state index in [1.807, 2.05) is 0 Å². The van der Waals surface area contributed by atoms with Gasteiger partial charge in [0, 0.05) is 11.3 Å².